The van der Waals surface area contributed by atoms with Crippen molar-refractivity contribution >= 4 is 11.8 Å². The highest BCUT2D eigenvalue weighted by Gasteiger charge is 2.31. The first-order valence-electron chi connectivity index (χ1n) is 6.90. The van der Waals surface area contributed by atoms with Gasteiger partial charge in [0.1, 0.15) is 11.7 Å². The molecule has 1 atom stereocenters. The minimum absolute atomic E-state index is 0.296. The van der Waals surface area contributed by atoms with Crippen molar-refractivity contribution in [1.82, 2.24) is 15.1 Å². The molecule has 0 spiro atoms. The van der Waals surface area contributed by atoms with Crippen LogP contribution in [0.5, 0.6) is 0 Å². The molecule has 3 N–H and O–H groups in total. The zero-order valence-electron chi connectivity index (χ0n) is 12.4. The molecule has 0 saturated heterocycles. The van der Waals surface area contributed by atoms with Gasteiger partial charge in [0.15, 0.2) is 0 Å². The van der Waals surface area contributed by atoms with Crippen LogP contribution in [0.4, 0.5) is 0 Å². The lowest BCUT2D eigenvalue weighted by molar-refractivity contribution is -0.119. The summed E-state index contributed by atoms with van der Waals surface area (Å²) in [6.45, 7) is 7.54. The highest BCUT2D eigenvalue weighted by atomic mass is 16.2. The number of rotatable bonds is 4. The number of hydrogen-bond donors (Lipinski definition) is 2. The van der Waals surface area contributed by atoms with Crippen molar-refractivity contribution in [3.63, 3.8) is 0 Å². The molecule has 20 heavy (non-hydrogen) atoms. The van der Waals surface area contributed by atoms with Crippen molar-refractivity contribution in [2.24, 2.45) is 5.73 Å². The summed E-state index contributed by atoms with van der Waals surface area (Å²) >= 11 is 0. The smallest absolute Gasteiger partial charge is 0.270 e. The van der Waals surface area contributed by atoms with Crippen LogP contribution in [-0.2, 0) is 10.3 Å². The van der Waals surface area contributed by atoms with Crippen LogP contribution in [0.2, 0.25) is 0 Å². The quantitative estimate of drug-likeness (QED) is 0.864. The summed E-state index contributed by atoms with van der Waals surface area (Å²) in [7, 11) is 0. The normalized spacial score (nSPS) is 16.8. The molecule has 1 aliphatic carbocycles. The van der Waals surface area contributed by atoms with E-state index >= 15 is 0 Å². The number of carbonyl (C=O) groups excluding carboxylic acids is 2. The second-order valence-electron chi connectivity index (χ2n) is 6.41. The summed E-state index contributed by atoms with van der Waals surface area (Å²) < 4.78 is 1.73. The summed E-state index contributed by atoms with van der Waals surface area (Å²) in [5, 5.41) is 7.16. The zero-order valence-corrected chi connectivity index (χ0v) is 12.4. The maximum Gasteiger partial charge on any atom is 0.270 e. The van der Waals surface area contributed by atoms with Gasteiger partial charge in [0.25, 0.3) is 5.91 Å². The van der Waals surface area contributed by atoms with Gasteiger partial charge in [-0.2, -0.15) is 5.10 Å². The maximum absolute atomic E-state index is 12.3. The SMILES string of the molecule is CC(NC(=O)c1cc(C2CC2)nn1C(C)(C)C)C(N)=O. The van der Waals surface area contributed by atoms with Crippen molar-refractivity contribution in [3.8, 4) is 0 Å². The third-order valence-corrected chi connectivity index (χ3v) is 3.37. The molecule has 1 heterocycles. The van der Waals surface area contributed by atoms with E-state index in [9.17, 15) is 9.59 Å². The molecule has 1 unspecified atom stereocenters. The van der Waals surface area contributed by atoms with Crippen LogP contribution in [0.25, 0.3) is 0 Å². The predicted molar refractivity (Wildman–Crippen MR) is 75.3 cm³/mol. The van der Waals surface area contributed by atoms with Gasteiger partial charge in [0.05, 0.1) is 11.2 Å². The number of amides is 2. The van der Waals surface area contributed by atoms with E-state index in [2.05, 4.69) is 10.4 Å². The van der Waals surface area contributed by atoms with E-state index in [1.165, 1.54) is 0 Å². The molecule has 1 aromatic rings. The number of carbonyl (C=O) groups is 2. The Morgan fingerprint density at radius 2 is 2.05 bits per heavy atom. The number of aromatic nitrogens is 2. The molecular formula is C14H22N4O2. The largest absolute Gasteiger partial charge is 0.368 e. The van der Waals surface area contributed by atoms with E-state index in [0.717, 1.165) is 18.5 Å². The number of primary amides is 1. The van der Waals surface area contributed by atoms with Gasteiger partial charge in [-0.05, 0) is 46.6 Å². The van der Waals surface area contributed by atoms with Crippen molar-refractivity contribution in [3.05, 3.63) is 17.5 Å². The van der Waals surface area contributed by atoms with E-state index in [1.807, 2.05) is 26.8 Å². The molecule has 6 heteroatoms. The fourth-order valence-electron chi connectivity index (χ4n) is 1.99. The van der Waals surface area contributed by atoms with Crippen LogP contribution in [0.15, 0.2) is 6.07 Å². The summed E-state index contributed by atoms with van der Waals surface area (Å²) in [6.07, 6.45) is 2.25. The lowest BCUT2D eigenvalue weighted by atomic mass is 10.1. The third kappa shape index (κ3) is 3.00. The zero-order chi connectivity index (χ0) is 15.1. The summed E-state index contributed by atoms with van der Waals surface area (Å²) in [6, 6.07) is 1.13. The molecule has 0 aromatic carbocycles. The number of hydrogen-bond acceptors (Lipinski definition) is 3. The molecule has 0 aliphatic heterocycles. The molecule has 1 aromatic heterocycles. The highest BCUT2D eigenvalue weighted by Crippen LogP contribution is 2.40. The van der Waals surface area contributed by atoms with E-state index in [0.29, 0.717) is 11.6 Å². The molecule has 1 aliphatic rings. The molecule has 2 amide bonds. The molecule has 0 bridgehead atoms. The third-order valence-electron chi connectivity index (χ3n) is 3.37. The van der Waals surface area contributed by atoms with Crippen molar-refractivity contribution < 1.29 is 9.59 Å². The average molecular weight is 278 g/mol. The van der Waals surface area contributed by atoms with Crippen molar-refractivity contribution in [2.45, 2.75) is 58.0 Å². The Labute approximate surface area is 118 Å². The first-order chi connectivity index (χ1) is 9.20. The van der Waals surface area contributed by atoms with Crippen LogP contribution < -0.4 is 11.1 Å². The summed E-state index contributed by atoms with van der Waals surface area (Å²) in [5.74, 6) is -0.396. The maximum atomic E-state index is 12.3. The summed E-state index contributed by atoms with van der Waals surface area (Å²) in [4.78, 5) is 23.4. The lowest BCUT2D eigenvalue weighted by Crippen LogP contribution is -2.43. The van der Waals surface area contributed by atoms with Crippen molar-refractivity contribution in [2.75, 3.05) is 0 Å². The van der Waals surface area contributed by atoms with Gasteiger partial charge in [0.2, 0.25) is 5.91 Å². The van der Waals surface area contributed by atoms with E-state index in [4.69, 9.17) is 5.73 Å². The van der Waals surface area contributed by atoms with Crippen LogP contribution in [0.3, 0.4) is 0 Å². The van der Waals surface area contributed by atoms with Crippen LogP contribution >= 0.6 is 0 Å². The first kappa shape index (κ1) is 14.6. The molecule has 0 radical (unpaired) electrons. The lowest BCUT2D eigenvalue weighted by Gasteiger charge is -2.22. The van der Waals surface area contributed by atoms with E-state index < -0.39 is 11.9 Å². The van der Waals surface area contributed by atoms with Crippen LogP contribution in [-0.4, -0.2) is 27.6 Å². The van der Waals surface area contributed by atoms with Crippen LogP contribution in [0.1, 0.15) is 62.6 Å². The molecule has 110 valence electrons. The topological polar surface area (TPSA) is 90.0 Å². The minimum Gasteiger partial charge on any atom is -0.368 e. The number of nitrogens with two attached hydrogens (primary N) is 1. The Morgan fingerprint density at radius 1 is 1.45 bits per heavy atom. The van der Waals surface area contributed by atoms with Gasteiger partial charge >= 0.3 is 0 Å². The monoisotopic (exact) mass is 278 g/mol. The number of nitrogens with zero attached hydrogens (tertiary/aromatic N) is 2. The fourth-order valence-corrected chi connectivity index (χ4v) is 1.99. The Kier molecular flexibility index (Phi) is 3.58. The molecule has 1 fully saturated rings. The highest BCUT2D eigenvalue weighted by molar-refractivity contribution is 5.96. The van der Waals surface area contributed by atoms with Gasteiger partial charge in [-0.15, -0.1) is 0 Å². The van der Waals surface area contributed by atoms with Gasteiger partial charge in [-0.3, -0.25) is 14.3 Å². The Bertz CT molecular complexity index is 538. The predicted octanol–water partition coefficient (Wildman–Crippen LogP) is 1.12. The van der Waals surface area contributed by atoms with E-state index in [1.54, 1.807) is 11.6 Å². The molecular weight excluding hydrogens is 256 g/mol. The van der Waals surface area contributed by atoms with Gasteiger partial charge < -0.3 is 11.1 Å². The minimum atomic E-state index is -0.699. The van der Waals surface area contributed by atoms with E-state index in [-0.39, 0.29) is 11.4 Å². The van der Waals surface area contributed by atoms with Crippen molar-refractivity contribution in [1.29, 1.82) is 0 Å². The number of nitrogens with one attached hydrogen (secondary N) is 1. The second kappa shape index (κ2) is 4.92. The fraction of sp³-hybridized carbons (Fsp3) is 0.643. The first-order valence-corrected chi connectivity index (χ1v) is 6.90. The second-order valence-corrected chi connectivity index (χ2v) is 6.41. The van der Waals surface area contributed by atoms with Gasteiger partial charge in [-0.25, -0.2) is 0 Å². The molecule has 6 nitrogen and oxygen atoms in total. The molecule has 2 rings (SSSR count). The average Bonchev–Trinajstić information content (AvgIpc) is 3.06. The Hall–Kier alpha value is -1.85. The Balaban J connectivity index is 2.29. The van der Waals surface area contributed by atoms with Gasteiger partial charge in [0, 0.05) is 5.92 Å². The Morgan fingerprint density at radius 3 is 2.50 bits per heavy atom. The standard InChI is InChI=1S/C14H22N4O2/c1-8(12(15)19)16-13(20)11-7-10(9-5-6-9)17-18(11)14(2,3)4/h7-9H,5-6H2,1-4H3,(H2,15,19)(H,16,20). The van der Waals surface area contributed by atoms with Crippen LogP contribution in [0, 0.1) is 0 Å². The summed E-state index contributed by atoms with van der Waals surface area (Å²) in [5.41, 5.74) is 6.31. The van der Waals surface area contributed by atoms with Gasteiger partial charge in [-0.1, -0.05) is 0 Å². The molecule has 1 saturated carbocycles.